The van der Waals surface area contributed by atoms with Crippen LogP contribution in [0.25, 0.3) is 5.65 Å². The normalized spacial score (nSPS) is 29.7. The fourth-order valence-corrected chi connectivity index (χ4v) is 4.45. The summed E-state index contributed by atoms with van der Waals surface area (Å²) in [6.07, 6.45) is 9.12. The molecule has 0 radical (unpaired) electrons. The quantitative estimate of drug-likeness (QED) is 0.916. The first-order valence-electron chi connectivity index (χ1n) is 8.52. The summed E-state index contributed by atoms with van der Waals surface area (Å²) in [5.41, 5.74) is 2.23. The van der Waals surface area contributed by atoms with E-state index < -0.39 is 0 Å². The maximum Gasteiger partial charge on any atom is 0.159 e. The van der Waals surface area contributed by atoms with Crippen molar-refractivity contribution >= 4 is 5.65 Å². The lowest BCUT2D eigenvalue weighted by atomic mass is 9.69. The number of piperidine rings is 2. The zero-order valence-electron chi connectivity index (χ0n) is 13.7. The Kier molecular flexibility index (Phi) is 3.83. The number of aromatic nitrogens is 3. The third kappa shape index (κ3) is 2.55. The number of likely N-dealkylation sites (N-methyl/N-ethyl adjacent to an activating group) is 1. The van der Waals surface area contributed by atoms with Crippen LogP contribution >= 0.6 is 0 Å². The van der Waals surface area contributed by atoms with Crippen molar-refractivity contribution in [3.8, 4) is 0 Å². The number of rotatable bonds is 3. The van der Waals surface area contributed by atoms with E-state index in [-0.39, 0.29) is 5.41 Å². The SMILES string of the molecule is CN1CCC[C@]2(CO)CCN(Cc3cnn4cccnc34)C[C@@H]12. The monoisotopic (exact) mass is 315 g/mol. The molecule has 0 aliphatic carbocycles. The molecule has 2 saturated heterocycles. The van der Waals surface area contributed by atoms with Gasteiger partial charge in [-0.25, -0.2) is 9.50 Å². The molecular formula is C17H25N5O. The number of fused-ring (bicyclic) bond motifs is 2. The fourth-order valence-electron chi connectivity index (χ4n) is 4.45. The first-order valence-corrected chi connectivity index (χ1v) is 8.52. The molecule has 6 nitrogen and oxygen atoms in total. The van der Waals surface area contributed by atoms with Gasteiger partial charge in [0, 0.05) is 42.5 Å². The number of likely N-dealkylation sites (tertiary alicyclic amines) is 2. The van der Waals surface area contributed by atoms with Gasteiger partial charge in [0.25, 0.3) is 0 Å². The van der Waals surface area contributed by atoms with Crippen molar-refractivity contribution in [2.75, 3.05) is 33.3 Å². The van der Waals surface area contributed by atoms with Crippen LogP contribution in [0.1, 0.15) is 24.8 Å². The van der Waals surface area contributed by atoms with Crippen LogP contribution in [0.2, 0.25) is 0 Å². The third-order valence-corrected chi connectivity index (χ3v) is 5.84. The Morgan fingerprint density at radius 3 is 3.13 bits per heavy atom. The van der Waals surface area contributed by atoms with E-state index in [0.717, 1.165) is 44.7 Å². The minimum Gasteiger partial charge on any atom is -0.396 e. The Morgan fingerprint density at radius 1 is 1.35 bits per heavy atom. The number of nitrogens with zero attached hydrogens (tertiary/aromatic N) is 5. The average Bonchev–Trinajstić information content (AvgIpc) is 2.99. The average molecular weight is 315 g/mol. The number of aliphatic hydroxyl groups excluding tert-OH is 1. The summed E-state index contributed by atoms with van der Waals surface area (Å²) in [4.78, 5) is 9.39. The highest BCUT2D eigenvalue weighted by Crippen LogP contribution is 2.41. The summed E-state index contributed by atoms with van der Waals surface area (Å²) in [7, 11) is 2.20. The highest BCUT2D eigenvalue weighted by Gasteiger charge is 2.46. The predicted octanol–water partition coefficient (Wildman–Crippen LogP) is 1.01. The first-order chi connectivity index (χ1) is 11.2. The molecule has 2 fully saturated rings. The van der Waals surface area contributed by atoms with Crippen LogP contribution in [-0.2, 0) is 6.54 Å². The Bertz CT molecular complexity index is 686. The van der Waals surface area contributed by atoms with Gasteiger partial charge in [-0.15, -0.1) is 0 Å². The van der Waals surface area contributed by atoms with Gasteiger partial charge < -0.3 is 10.0 Å². The van der Waals surface area contributed by atoms with Crippen LogP contribution < -0.4 is 0 Å². The smallest absolute Gasteiger partial charge is 0.159 e. The Hall–Kier alpha value is -1.50. The highest BCUT2D eigenvalue weighted by atomic mass is 16.3. The largest absolute Gasteiger partial charge is 0.396 e. The summed E-state index contributed by atoms with van der Waals surface area (Å²) in [6, 6.07) is 2.35. The molecular weight excluding hydrogens is 290 g/mol. The number of hydrogen-bond donors (Lipinski definition) is 1. The van der Waals surface area contributed by atoms with Gasteiger partial charge in [-0.3, -0.25) is 4.90 Å². The summed E-state index contributed by atoms with van der Waals surface area (Å²) in [5.74, 6) is 0. The van der Waals surface area contributed by atoms with E-state index in [2.05, 4.69) is 26.9 Å². The van der Waals surface area contributed by atoms with Gasteiger partial charge in [-0.1, -0.05) is 0 Å². The summed E-state index contributed by atoms with van der Waals surface area (Å²) < 4.78 is 1.84. The molecule has 6 heteroatoms. The molecule has 2 atom stereocenters. The topological polar surface area (TPSA) is 56.9 Å². The van der Waals surface area contributed by atoms with Gasteiger partial charge in [0.1, 0.15) is 0 Å². The van der Waals surface area contributed by atoms with Gasteiger partial charge in [0.15, 0.2) is 5.65 Å². The molecule has 23 heavy (non-hydrogen) atoms. The zero-order valence-corrected chi connectivity index (χ0v) is 13.7. The van der Waals surface area contributed by atoms with Crippen molar-refractivity contribution < 1.29 is 5.11 Å². The molecule has 0 bridgehead atoms. The molecule has 0 spiro atoms. The first kappa shape index (κ1) is 15.1. The van der Waals surface area contributed by atoms with Crippen molar-refractivity contribution in [3.05, 3.63) is 30.2 Å². The standard InChI is InChI=1S/C17H25N5O/c1-20-7-2-4-17(13-23)5-9-21(12-15(17)20)11-14-10-19-22-8-3-6-18-16(14)22/h3,6,8,10,15,23H,2,4-5,7,9,11-13H2,1H3/t15-,17-/m1/s1. The van der Waals surface area contributed by atoms with Gasteiger partial charge >= 0.3 is 0 Å². The molecule has 2 aromatic rings. The van der Waals surface area contributed by atoms with Gasteiger partial charge in [-0.2, -0.15) is 5.10 Å². The molecule has 0 unspecified atom stereocenters. The van der Waals surface area contributed by atoms with Crippen molar-refractivity contribution in [1.82, 2.24) is 24.4 Å². The lowest BCUT2D eigenvalue weighted by Crippen LogP contribution is -2.61. The van der Waals surface area contributed by atoms with Gasteiger partial charge in [0.05, 0.1) is 12.8 Å². The Morgan fingerprint density at radius 2 is 2.26 bits per heavy atom. The van der Waals surface area contributed by atoms with Gasteiger partial charge in [-0.05, 0) is 45.5 Å². The van der Waals surface area contributed by atoms with Crippen LogP contribution in [0.5, 0.6) is 0 Å². The molecule has 2 aromatic heterocycles. The Balaban J connectivity index is 1.53. The minimum absolute atomic E-state index is 0.100. The molecule has 2 aliphatic rings. The highest BCUT2D eigenvalue weighted by molar-refractivity contribution is 5.45. The lowest BCUT2D eigenvalue weighted by molar-refractivity contribution is -0.0684. The molecule has 4 rings (SSSR count). The summed E-state index contributed by atoms with van der Waals surface area (Å²) in [6.45, 7) is 4.38. The molecule has 1 N–H and O–H groups in total. The van der Waals surface area contributed by atoms with Crippen LogP contribution in [0.4, 0.5) is 0 Å². The minimum atomic E-state index is 0.100. The molecule has 0 saturated carbocycles. The molecule has 124 valence electrons. The maximum atomic E-state index is 10.0. The molecule has 0 aromatic carbocycles. The van der Waals surface area contributed by atoms with E-state index in [1.165, 1.54) is 12.0 Å². The van der Waals surface area contributed by atoms with E-state index in [4.69, 9.17) is 0 Å². The summed E-state index contributed by atoms with van der Waals surface area (Å²) in [5, 5.41) is 14.4. The molecule has 2 aliphatic heterocycles. The van der Waals surface area contributed by atoms with Crippen LogP contribution in [0.15, 0.2) is 24.7 Å². The zero-order chi connectivity index (χ0) is 15.9. The van der Waals surface area contributed by atoms with Crippen molar-refractivity contribution in [2.24, 2.45) is 5.41 Å². The maximum absolute atomic E-state index is 10.0. The molecule has 4 heterocycles. The van der Waals surface area contributed by atoms with Crippen LogP contribution in [0.3, 0.4) is 0 Å². The summed E-state index contributed by atoms with van der Waals surface area (Å²) >= 11 is 0. The second kappa shape index (κ2) is 5.85. The number of aliphatic hydroxyl groups is 1. The van der Waals surface area contributed by atoms with Crippen molar-refractivity contribution in [2.45, 2.75) is 31.8 Å². The van der Waals surface area contributed by atoms with E-state index in [1.807, 2.05) is 29.2 Å². The third-order valence-electron chi connectivity index (χ3n) is 5.84. The lowest BCUT2D eigenvalue weighted by Gasteiger charge is -2.53. The molecule has 0 amide bonds. The number of hydrogen-bond acceptors (Lipinski definition) is 5. The van der Waals surface area contributed by atoms with E-state index in [0.29, 0.717) is 12.6 Å². The fraction of sp³-hybridized carbons (Fsp3) is 0.647. The van der Waals surface area contributed by atoms with Crippen LogP contribution in [0, 0.1) is 5.41 Å². The second-order valence-corrected chi connectivity index (χ2v) is 7.16. The van der Waals surface area contributed by atoms with E-state index in [9.17, 15) is 5.11 Å². The van der Waals surface area contributed by atoms with Gasteiger partial charge in [0.2, 0.25) is 0 Å². The Labute approximate surface area is 136 Å². The van der Waals surface area contributed by atoms with Crippen molar-refractivity contribution in [3.63, 3.8) is 0 Å². The predicted molar refractivity (Wildman–Crippen MR) is 88.1 cm³/mol. The second-order valence-electron chi connectivity index (χ2n) is 7.16. The van der Waals surface area contributed by atoms with E-state index in [1.54, 1.807) is 0 Å². The van der Waals surface area contributed by atoms with E-state index >= 15 is 0 Å². The van der Waals surface area contributed by atoms with Crippen LogP contribution in [-0.4, -0.2) is 68.8 Å². The van der Waals surface area contributed by atoms with Crippen molar-refractivity contribution in [1.29, 1.82) is 0 Å².